The molecule has 3 aromatic rings. The smallest absolute Gasteiger partial charge is 0.412 e. The maximum absolute atomic E-state index is 13.2. The molecule has 8 heteroatoms. The number of nitrogens with zero attached hydrogens (tertiary/aromatic N) is 2. The molecule has 1 fully saturated rings. The van der Waals surface area contributed by atoms with Gasteiger partial charge in [-0.15, -0.1) is 0 Å². The summed E-state index contributed by atoms with van der Waals surface area (Å²) < 4.78 is 5.29. The third kappa shape index (κ3) is 6.89. The standard InChI is InChI=1S/C32H35ClN4O3/c1-32(2,3)40-31(39)36-23-14-11-20(12-15-23)17-28(38)22-8-6-9-24(18-22)35-30-34-19-27(33)29(37-30)26-16-13-21-7-4-5-10-25(21)26/h4-5,7,10-12,14-16,19,22,24H,6,8-9,13,17-18H2,1-3H3,(H,36,39)(H,34,35,37)/t22-,24+/m0/s1. The highest BCUT2D eigenvalue weighted by atomic mass is 35.5. The Morgan fingerprint density at radius 3 is 2.62 bits per heavy atom. The molecule has 0 bridgehead atoms. The number of anilines is 2. The molecular weight excluding hydrogens is 524 g/mol. The Kier molecular flexibility index (Phi) is 8.22. The summed E-state index contributed by atoms with van der Waals surface area (Å²) in [6.45, 7) is 5.46. The predicted octanol–water partition coefficient (Wildman–Crippen LogP) is 7.25. The van der Waals surface area contributed by atoms with Gasteiger partial charge < -0.3 is 10.1 Å². The zero-order chi connectivity index (χ0) is 28.3. The number of benzene rings is 2. The fraction of sp³-hybridized carbons (Fsp3) is 0.375. The number of fused-ring (bicyclic) bond motifs is 1. The summed E-state index contributed by atoms with van der Waals surface area (Å²) in [5.74, 6) is 0.739. The maximum Gasteiger partial charge on any atom is 0.412 e. The second kappa shape index (κ2) is 11.8. The summed E-state index contributed by atoms with van der Waals surface area (Å²) in [6, 6.07) is 15.8. The second-order valence-corrected chi connectivity index (χ2v) is 11.9. The van der Waals surface area contributed by atoms with E-state index in [9.17, 15) is 9.59 Å². The van der Waals surface area contributed by atoms with Crippen LogP contribution < -0.4 is 10.6 Å². The molecule has 2 aliphatic rings. The number of allylic oxidation sites excluding steroid dienone is 1. The van der Waals surface area contributed by atoms with Crippen LogP contribution in [0, 0.1) is 5.92 Å². The molecule has 1 aromatic heterocycles. The number of aromatic nitrogens is 2. The summed E-state index contributed by atoms with van der Waals surface area (Å²) in [4.78, 5) is 34.4. The van der Waals surface area contributed by atoms with Gasteiger partial charge in [-0.1, -0.05) is 60.5 Å². The number of Topliss-reactive ketones (excluding diaryl/α,β-unsaturated/α-hetero) is 1. The fourth-order valence-corrected chi connectivity index (χ4v) is 5.59. The van der Waals surface area contributed by atoms with Crippen LogP contribution in [0.5, 0.6) is 0 Å². The lowest BCUT2D eigenvalue weighted by Crippen LogP contribution is -2.32. The highest BCUT2D eigenvalue weighted by Crippen LogP contribution is 2.35. The van der Waals surface area contributed by atoms with Gasteiger partial charge in [0, 0.05) is 29.6 Å². The van der Waals surface area contributed by atoms with Crippen LogP contribution in [0.15, 0.2) is 60.8 Å². The Bertz CT molecular complexity index is 1430. The highest BCUT2D eigenvalue weighted by molar-refractivity contribution is 6.32. The number of ketones is 1. The number of rotatable bonds is 7. The number of hydrogen-bond acceptors (Lipinski definition) is 6. The number of hydrogen-bond donors (Lipinski definition) is 2. The van der Waals surface area contributed by atoms with Gasteiger partial charge in [0.05, 0.1) is 16.9 Å². The Balaban J connectivity index is 1.18. The van der Waals surface area contributed by atoms with Gasteiger partial charge in [0.2, 0.25) is 5.95 Å². The minimum absolute atomic E-state index is 0.0259. The van der Waals surface area contributed by atoms with Crippen LogP contribution in [0.25, 0.3) is 5.57 Å². The molecule has 0 unspecified atom stereocenters. The molecule has 2 atom stereocenters. The Morgan fingerprint density at radius 1 is 1.07 bits per heavy atom. The van der Waals surface area contributed by atoms with Gasteiger partial charge in [-0.25, -0.2) is 14.8 Å². The van der Waals surface area contributed by atoms with E-state index in [0.29, 0.717) is 23.1 Å². The summed E-state index contributed by atoms with van der Waals surface area (Å²) >= 11 is 6.52. The molecule has 0 aliphatic heterocycles. The molecule has 0 spiro atoms. The van der Waals surface area contributed by atoms with E-state index in [1.54, 1.807) is 18.3 Å². The third-order valence-electron chi connectivity index (χ3n) is 7.27. The number of amides is 1. The quantitative estimate of drug-likeness (QED) is 0.317. The van der Waals surface area contributed by atoms with Crippen molar-refractivity contribution in [3.63, 3.8) is 0 Å². The highest BCUT2D eigenvalue weighted by Gasteiger charge is 2.28. The molecule has 2 aliphatic carbocycles. The van der Waals surface area contributed by atoms with Gasteiger partial charge in [0.15, 0.2) is 0 Å². The van der Waals surface area contributed by atoms with E-state index in [1.807, 2.05) is 45.0 Å². The second-order valence-electron chi connectivity index (χ2n) is 11.5. The zero-order valence-electron chi connectivity index (χ0n) is 23.2. The van der Waals surface area contributed by atoms with Crippen molar-refractivity contribution >= 4 is 40.7 Å². The van der Waals surface area contributed by atoms with Gasteiger partial charge in [-0.05, 0) is 75.3 Å². The molecule has 7 nitrogen and oxygen atoms in total. The van der Waals surface area contributed by atoms with Crippen molar-refractivity contribution in [3.05, 3.63) is 88.2 Å². The van der Waals surface area contributed by atoms with Crippen LogP contribution in [0.4, 0.5) is 16.4 Å². The minimum atomic E-state index is -0.565. The van der Waals surface area contributed by atoms with Gasteiger partial charge in [0.25, 0.3) is 0 Å². The predicted molar refractivity (Wildman–Crippen MR) is 159 cm³/mol. The molecule has 5 rings (SSSR count). The Labute approximate surface area is 240 Å². The van der Waals surface area contributed by atoms with E-state index in [1.165, 1.54) is 5.56 Å². The van der Waals surface area contributed by atoms with Crippen molar-refractivity contribution < 1.29 is 14.3 Å². The van der Waals surface area contributed by atoms with E-state index in [2.05, 4.69) is 33.8 Å². The summed E-state index contributed by atoms with van der Waals surface area (Å²) in [7, 11) is 0. The van der Waals surface area contributed by atoms with Crippen molar-refractivity contribution in [1.82, 2.24) is 9.97 Å². The first kappa shape index (κ1) is 27.8. The maximum atomic E-state index is 13.2. The molecule has 208 valence electrons. The number of ether oxygens (including phenoxy) is 1. The van der Waals surface area contributed by atoms with Crippen LogP contribution >= 0.6 is 11.6 Å². The third-order valence-corrected chi connectivity index (χ3v) is 7.55. The average Bonchev–Trinajstić information content (AvgIpc) is 3.34. The fourth-order valence-electron chi connectivity index (χ4n) is 5.40. The number of carbonyl (C=O) groups excluding carboxylic acids is 2. The van der Waals surface area contributed by atoms with E-state index in [0.717, 1.165) is 54.5 Å². The number of carbonyl (C=O) groups is 2. The van der Waals surface area contributed by atoms with Gasteiger partial charge in [-0.3, -0.25) is 10.1 Å². The molecule has 0 radical (unpaired) electrons. The molecule has 1 heterocycles. The lowest BCUT2D eigenvalue weighted by atomic mass is 9.81. The normalized spacial score (nSPS) is 18.4. The topological polar surface area (TPSA) is 93.2 Å². The van der Waals surface area contributed by atoms with Crippen molar-refractivity contribution in [1.29, 1.82) is 0 Å². The number of nitrogens with one attached hydrogen (secondary N) is 2. The molecule has 0 saturated heterocycles. The van der Waals surface area contributed by atoms with Crippen molar-refractivity contribution in [2.24, 2.45) is 5.92 Å². The van der Waals surface area contributed by atoms with Crippen LogP contribution in [-0.4, -0.2) is 33.5 Å². The largest absolute Gasteiger partial charge is 0.444 e. The van der Waals surface area contributed by atoms with Crippen LogP contribution in [0.1, 0.15) is 68.8 Å². The molecule has 2 N–H and O–H groups in total. The van der Waals surface area contributed by atoms with Crippen LogP contribution in [0.3, 0.4) is 0 Å². The van der Waals surface area contributed by atoms with Crippen molar-refractivity contribution in [3.8, 4) is 0 Å². The molecule has 40 heavy (non-hydrogen) atoms. The molecule has 2 aromatic carbocycles. The first-order valence-corrected chi connectivity index (χ1v) is 14.2. The molecule has 1 amide bonds. The summed E-state index contributed by atoms with van der Waals surface area (Å²) in [6.07, 6.45) is 8.09. The van der Waals surface area contributed by atoms with Crippen LogP contribution in [-0.2, 0) is 22.4 Å². The lowest BCUT2D eigenvalue weighted by Gasteiger charge is -2.29. The SMILES string of the molecule is CC(C)(C)OC(=O)Nc1ccc(CC(=O)[C@H]2CCC[C@@H](Nc3ncc(Cl)c(C4=CCc5ccccc54)n3)C2)cc1. The first-order chi connectivity index (χ1) is 19.1. The zero-order valence-corrected chi connectivity index (χ0v) is 23.9. The van der Waals surface area contributed by atoms with Crippen molar-refractivity contribution in [2.75, 3.05) is 10.6 Å². The summed E-state index contributed by atoms with van der Waals surface area (Å²) in [5, 5.41) is 6.72. The van der Waals surface area contributed by atoms with Gasteiger partial charge >= 0.3 is 6.09 Å². The summed E-state index contributed by atoms with van der Waals surface area (Å²) in [5.41, 5.74) is 5.19. The van der Waals surface area contributed by atoms with Gasteiger partial charge in [0.1, 0.15) is 11.4 Å². The molecular formula is C32H35ClN4O3. The first-order valence-electron chi connectivity index (χ1n) is 13.8. The van der Waals surface area contributed by atoms with E-state index < -0.39 is 11.7 Å². The van der Waals surface area contributed by atoms with E-state index >= 15 is 0 Å². The monoisotopic (exact) mass is 558 g/mol. The Hall–Kier alpha value is -3.71. The van der Waals surface area contributed by atoms with E-state index in [4.69, 9.17) is 21.3 Å². The number of halogens is 1. The average molecular weight is 559 g/mol. The lowest BCUT2D eigenvalue weighted by molar-refractivity contribution is -0.123. The minimum Gasteiger partial charge on any atom is -0.444 e. The van der Waals surface area contributed by atoms with Crippen molar-refractivity contribution in [2.45, 2.75) is 70.9 Å². The van der Waals surface area contributed by atoms with Crippen LogP contribution in [0.2, 0.25) is 5.02 Å². The van der Waals surface area contributed by atoms with Gasteiger partial charge in [-0.2, -0.15) is 0 Å². The Morgan fingerprint density at radius 2 is 1.85 bits per heavy atom. The van der Waals surface area contributed by atoms with E-state index in [-0.39, 0.29) is 17.7 Å². The molecule has 1 saturated carbocycles.